The second-order valence-electron chi connectivity index (χ2n) is 4.55. The number of carbonyl (C=O) groups is 1. The molecule has 1 atom stereocenters. The van der Waals surface area contributed by atoms with Crippen molar-refractivity contribution in [2.75, 3.05) is 6.54 Å². The summed E-state index contributed by atoms with van der Waals surface area (Å²) in [5, 5.41) is 3.32. The van der Waals surface area contributed by atoms with Gasteiger partial charge in [0.1, 0.15) is 5.38 Å². The van der Waals surface area contributed by atoms with Crippen molar-refractivity contribution in [1.29, 1.82) is 0 Å². The van der Waals surface area contributed by atoms with Crippen LogP contribution in [-0.4, -0.2) is 12.5 Å². The van der Waals surface area contributed by atoms with Crippen LogP contribution >= 0.6 is 34.8 Å². The monoisotopic (exact) mass is 341 g/mol. The average molecular weight is 343 g/mol. The van der Waals surface area contributed by atoms with Gasteiger partial charge in [-0.1, -0.05) is 59.6 Å². The molecular weight excluding hydrogens is 329 g/mol. The van der Waals surface area contributed by atoms with E-state index < -0.39 is 5.38 Å². The zero-order chi connectivity index (χ0) is 15.2. The molecular formula is C16H14Cl3NO. The lowest BCUT2D eigenvalue weighted by atomic mass is 10.1. The van der Waals surface area contributed by atoms with Gasteiger partial charge in [-0.15, -0.1) is 11.6 Å². The van der Waals surface area contributed by atoms with E-state index in [0.717, 1.165) is 11.1 Å². The number of hydrogen-bond donors (Lipinski definition) is 1. The van der Waals surface area contributed by atoms with Crippen LogP contribution in [0.15, 0.2) is 48.5 Å². The van der Waals surface area contributed by atoms with E-state index in [-0.39, 0.29) is 5.91 Å². The van der Waals surface area contributed by atoms with Crippen LogP contribution in [0.4, 0.5) is 0 Å². The molecule has 21 heavy (non-hydrogen) atoms. The molecule has 0 saturated carbocycles. The Morgan fingerprint density at radius 3 is 2.48 bits per heavy atom. The van der Waals surface area contributed by atoms with Gasteiger partial charge in [-0.3, -0.25) is 4.79 Å². The van der Waals surface area contributed by atoms with Crippen molar-refractivity contribution in [2.45, 2.75) is 11.8 Å². The van der Waals surface area contributed by atoms with Gasteiger partial charge in [-0.2, -0.15) is 0 Å². The zero-order valence-electron chi connectivity index (χ0n) is 11.2. The Kier molecular flexibility index (Phi) is 5.92. The normalized spacial score (nSPS) is 12.0. The van der Waals surface area contributed by atoms with Gasteiger partial charge < -0.3 is 5.32 Å². The van der Waals surface area contributed by atoms with Crippen LogP contribution in [0.5, 0.6) is 0 Å². The summed E-state index contributed by atoms with van der Waals surface area (Å²) in [6.45, 7) is 0.468. The first-order chi connectivity index (χ1) is 10.1. The van der Waals surface area contributed by atoms with Gasteiger partial charge in [0.15, 0.2) is 0 Å². The molecule has 5 heteroatoms. The number of benzene rings is 2. The molecule has 0 aliphatic heterocycles. The largest absolute Gasteiger partial charge is 0.354 e. The highest BCUT2D eigenvalue weighted by Gasteiger charge is 2.16. The second-order valence-corrected chi connectivity index (χ2v) is 5.83. The van der Waals surface area contributed by atoms with E-state index in [2.05, 4.69) is 5.32 Å². The molecule has 2 aromatic carbocycles. The number of hydrogen-bond acceptors (Lipinski definition) is 1. The van der Waals surface area contributed by atoms with E-state index in [1.165, 1.54) is 0 Å². The predicted octanol–water partition coefficient (Wildman–Crippen LogP) is 4.63. The molecule has 2 rings (SSSR count). The maximum atomic E-state index is 12.0. The van der Waals surface area contributed by atoms with Crippen LogP contribution in [0.3, 0.4) is 0 Å². The fourth-order valence-electron chi connectivity index (χ4n) is 1.91. The molecule has 110 valence electrons. The van der Waals surface area contributed by atoms with Gasteiger partial charge in [-0.05, 0) is 29.7 Å². The predicted molar refractivity (Wildman–Crippen MR) is 88.2 cm³/mol. The summed E-state index contributed by atoms with van der Waals surface area (Å²) < 4.78 is 0. The Bertz CT molecular complexity index is 616. The van der Waals surface area contributed by atoms with Gasteiger partial charge in [0.2, 0.25) is 5.91 Å². The number of nitrogens with one attached hydrogen (secondary N) is 1. The van der Waals surface area contributed by atoms with Gasteiger partial charge in [0, 0.05) is 16.6 Å². The van der Waals surface area contributed by atoms with Gasteiger partial charge >= 0.3 is 0 Å². The number of carbonyl (C=O) groups excluding carboxylic acids is 1. The lowest BCUT2D eigenvalue weighted by Gasteiger charge is -2.11. The van der Waals surface area contributed by atoms with Crippen molar-refractivity contribution in [2.24, 2.45) is 0 Å². The number of rotatable bonds is 5. The van der Waals surface area contributed by atoms with Gasteiger partial charge in [-0.25, -0.2) is 0 Å². The van der Waals surface area contributed by atoms with Gasteiger partial charge in [0.05, 0.1) is 0 Å². The minimum Gasteiger partial charge on any atom is -0.354 e. The first kappa shape index (κ1) is 16.2. The molecule has 2 aromatic rings. The number of halogens is 3. The van der Waals surface area contributed by atoms with Gasteiger partial charge in [0.25, 0.3) is 0 Å². The Morgan fingerprint density at radius 1 is 1.10 bits per heavy atom. The summed E-state index contributed by atoms with van der Waals surface area (Å²) in [7, 11) is 0. The molecule has 2 nitrogen and oxygen atoms in total. The minimum atomic E-state index is -0.688. The molecule has 0 radical (unpaired) electrons. The lowest BCUT2D eigenvalue weighted by molar-refractivity contribution is -0.120. The molecule has 0 heterocycles. The summed E-state index contributed by atoms with van der Waals surface area (Å²) in [5.41, 5.74) is 1.72. The SMILES string of the molecule is O=C(NCCc1ccc(Cl)cc1Cl)C(Cl)c1ccccc1. The van der Waals surface area contributed by atoms with E-state index in [1.54, 1.807) is 12.1 Å². The number of alkyl halides is 1. The molecule has 0 bridgehead atoms. The van der Waals surface area contributed by atoms with Crippen molar-refractivity contribution in [3.05, 3.63) is 69.7 Å². The van der Waals surface area contributed by atoms with Crippen LogP contribution in [0.25, 0.3) is 0 Å². The van der Waals surface area contributed by atoms with Crippen molar-refractivity contribution in [3.8, 4) is 0 Å². The third-order valence-electron chi connectivity index (χ3n) is 3.03. The molecule has 1 N–H and O–H groups in total. The summed E-state index contributed by atoms with van der Waals surface area (Å²) >= 11 is 18.1. The maximum absolute atomic E-state index is 12.0. The molecule has 0 spiro atoms. The summed E-state index contributed by atoms with van der Waals surface area (Å²) in [6, 6.07) is 14.6. The van der Waals surface area contributed by atoms with Crippen LogP contribution in [0.1, 0.15) is 16.5 Å². The highest BCUT2D eigenvalue weighted by Crippen LogP contribution is 2.22. The molecule has 1 unspecified atom stereocenters. The minimum absolute atomic E-state index is 0.215. The summed E-state index contributed by atoms with van der Waals surface area (Å²) in [5.74, 6) is -0.215. The molecule has 0 aromatic heterocycles. The Labute approximate surface area is 139 Å². The van der Waals surface area contributed by atoms with Crippen molar-refractivity contribution in [3.63, 3.8) is 0 Å². The Morgan fingerprint density at radius 2 is 1.81 bits per heavy atom. The molecule has 0 fully saturated rings. The highest BCUT2D eigenvalue weighted by atomic mass is 35.5. The number of amides is 1. The molecule has 1 amide bonds. The van der Waals surface area contributed by atoms with E-state index in [4.69, 9.17) is 34.8 Å². The van der Waals surface area contributed by atoms with Crippen molar-refractivity contribution >= 4 is 40.7 Å². The van der Waals surface area contributed by atoms with Crippen LogP contribution in [0, 0.1) is 0 Å². The van der Waals surface area contributed by atoms with Crippen molar-refractivity contribution in [1.82, 2.24) is 5.32 Å². The van der Waals surface area contributed by atoms with E-state index >= 15 is 0 Å². The Hall–Kier alpha value is -1.22. The second kappa shape index (κ2) is 7.69. The molecule has 0 aliphatic rings. The third kappa shape index (κ3) is 4.63. The molecule has 0 aliphatic carbocycles. The first-order valence-electron chi connectivity index (χ1n) is 6.48. The van der Waals surface area contributed by atoms with Crippen LogP contribution in [0.2, 0.25) is 10.0 Å². The highest BCUT2D eigenvalue weighted by molar-refractivity contribution is 6.35. The molecule has 0 saturated heterocycles. The maximum Gasteiger partial charge on any atom is 0.242 e. The van der Waals surface area contributed by atoms with E-state index in [0.29, 0.717) is 23.0 Å². The fourth-order valence-corrected chi connectivity index (χ4v) is 2.63. The fraction of sp³-hybridized carbons (Fsp3) is 0.188. The third-order valence-corrected chi connectivity index (χ3v) is 4.07. The smallest absolute Gasteiger partial charge is 0.242 e. The topological polar surface area (TPSA) is 29.1 Å². The van der Waals surface area contributed by atoms with Crippen LogP contribution in [-0.2, 0) is 11.2 Å². The van der Waals surface area contributed by atoms with E-state index in [9.17, 15) is 4.79 Å². The van der Waals surface area contributed by atoms with Crippen LogP contribution < -0.4 is 5.32 Å². The summed E-state index contributed by atoms with van der Waals surface area (Å²) in [4.78, 5) is 12.0. The first-order valence-corrected chi connectivity index (χ1v) is 7.68. The zero-order valence-corrected chi connectivity index (χ0v) is 13.4. The van der Waals surface area contributed by atoms with Crippen molar-refractivity contribution < 1.29 is 4.79 Å². The van der Waals surface area contributed by atoms with E-state index in [1.807, 2.05) is 36.4 Å². The Balaban J connectivity index is 1.87. The average Bonchev–Trinajstić information content (AvgIpc) is 2.49. The lowest BCUT2D eigenvalue weighted by Crippen LogP contribution is -2.28. The quantitative estimate of drug-likeness (QED) is 0.788. The summed E-state index contributed by atoms with van der Waals surface area (Å²) in [6.07, 6.45) is 0.625. The standard InChI is InChI=1S/C16H14Cl3NO/c17-13-7-6-11(14(18)10-13)8-9-20-16(21)15(19)12-4-2-1-3-5-12/h1-7,10,15H,8-9H2,(H,20,21).